The lowest BCUT2D eigenvalue weighted by Crippen LogP contribution is -2.60. The van der Waals surface area contributed by atoms with E-state index in [0.29, 0.717) is 5.56 Å². The minimum Gasteiger partial charge on any atom is -0.258 e. The Morgan fingerprint density at radius 3 is 2.38 bits per heavy atom. The number of rotatable bonds is 2. The first-order valence-corrected chi connectivity index (χ1v) is 8.29. The number of nitrogens with two attached hydrogens (primary N) is 1. The number of non-ortho nitro benzene ring substituents is 1. The van der Waals surface area contributed by atoms with Crippen LogP contribution in [0.25, 0.3) is 0 Å². The number of fused-ring (bicyclic) bond motifs is 1. The van der Waals surface area contributed by atoms with Crippen molar-refractivity contribution in [3.63, 3.8) is 0 Å². The standard InChI is InChI=1S/C19H15N5O2/c20-9-16-14-3-1-2-4-15(14)17(19(10-21,11-22)18(16)23)12-5-7-13(8-6-12)24(25)26/h3,5-8,15-17,23H,1-2,4H2/p+1/t15-,16-,17-/m0/s1. The van der Waals surface area contributed by atoms with Crippen molar-refractivity contribution in [3.05, 3.63) is 51.6 Å². The van der Waals surface area contributed by atoms with Crippen LogP contribution < -0.4 is 5.41 Å². The van der Waals surface area contributed by atoms with E-state index in [1.54, 1.807) is 12.1 Å². The predicted molar refractivity (Wildman–Crippen MR) is 91.0 cm³/mol. The number of nitro benzene ring substituents is 1. The molecule has 1 fully saturated rings. The molecule has 0 saturated heterocycles. The van der Waals surface area contributed by atoms with Crippen molar-refractivity contribution in [1.29, 1.82) is 15.8 Å². The van der Waals surface area contributed by atoms with E-state index in [2.05, 4.69) is 18.2 Å². The second kappa shape index (κ2) is 6.43. The minimum absolute atomic E-state index is 0.0535. The zero-order valence-electron chi connectivity index (χ0n) is 13.9. The van der Waals surface area contributed by atoms with Gasteiger partial charge in [-0.15, -0.1) is 0 Å². The summed E-state index contributed by atoms with van der Waals surface area (Å²) in [5, 5.41) is 46.5. The fourth-order valence-corrected chi connectivity index (χ4v) is 4.23. The van der Waals surface area contributed by atoms with Crippen molar-refractivity contribution >= 4 is 11.4 Å². The van der Waals surface area contributed by atoms with Crippen LogP contribution in [0.2, 0.25) is 0 Å². The molecule has 2 aliphatic carbocycles. The normalized spacial score (nSPS) is 26.4. The average Bonchev–Trinajstić information content (AvgIpc) is 2.67. The maximum absolute atomic E-state index is 10.9. The third kappa shape index (κ3) is 2.36. The van der Waals surface area contributed by atoms with Crippen molar-refractivity contribution in [2.24, 2.45) is 17.3 Å². The van der Waals surface area contributed by atoms with E-state index >= 15 is 0 Å². The van der Waals surface area contributed by atoms with Gasteiger partial charge in [-0.25, -0.2) is 0 Å². The molecule has 0 aliphatic heterocycles. The molecule has 0 aromatic heterocycles. The lowest BCUT2D eigenvalue weighted by Gasteiger charge is -2.43. The van der Waals surface area contributed by atoms with Crippen molar-refractivity contribution in [3.8, 4) is 18.2 Å². The smallest absolute Gasteiger partial charge is 0.258 e. The number of hydrogen-bond acceptors (Lipinski definition) is 5. The summed E-state index contributed by atoms with van der Waals surface area (Å²) in [5.74, 6) is -1.48. The molecular formula is C19H16N5O2+. The molecule has 26 heavy (non-hydrogen) atoms. The molecule has 2 aliphatic rings. The SMILES string of the molecule is N#C[C@@H]1C(=[NH2+])C(C#N)(C#N)[C@@H](c2ccc([N+](=O)[O-])cc2)[C@H]2CCCC=C12. The number of nitrogens with zero attached hydrogens (tertiary/aromatic N) is 4. The Balaban J connectivity index is 2.21. The van der Waals surface area contributed by atoms with Crippen LogP contribution in [0.1, 0.15) is 30.7 Å². The molecule has 7 heteroatoms. The van der Waals surface area contributed by atoms with Crippen LogP contribution in [0.3, 0.4) is 0 Å². The van der Waals surface area contributed by atoms with Gasteiger partial charge in [0.25, 0.3) is 5.69 Å². The maximum Gasteiger partial charge on any atom is 0.269 e. The Bertz CT molecular complexity index is 913. The summed E-state index contributed by atoms with van der Waals surface area (Å²) in [5.41, 5.74) is -0.139. The van der Waals surface area contributed by atoms with Gasteiger partial charge in [0.2, 0.25) is 11.1 Å². The van der Waals surface area contributed by atoms with E-state index < -0.39 is 22.2 Å². The summed E-state index contributed by atoms with van der Waals surface area (Å²) in [6.07, 6.45) is 4.45. The van der Waals surface area contributed by atoms with Gasteiger partial charge in [-0.3, -0.25) is 15.5 Å². The minimum atomic E-state index is -1.64. The third-order valence-electron chi connectivity index (χ3n) is 5.44. The predicted octanol–water partition coefficient (Wildman–Crippen LogP) is 1.79. The Kier molecular flexibility index (Phi) is 4.28. The first kappa shape index (κ1) is 17.3. The van der Waals surface area contributed by atoms with E-state index in [1.807, 2.05) is 6.08 Å². The highest BCUT2D eigenvalue weighted by Crippen LogP contribution is 2.54. The molecule has 0 unspecified atom stereocenters. The zero-order valence-corrected chi connectivity index (χ0v) is 13.9. The number of allylic oxidation sites excluding steroid dienone is 2. The van der Waals surface area contributed by atoms with Gasteiger partial charge in [-0.2, -0.15) is 15.8 Å². The lowest BCUT2D eigenvalue weighted by atomic mass is 9.53. The zero-order chi connectivity index (χ0) is 18.9. The fourth-order valence-electron chi connectivity index (χ4n) is 4.23. The summed E-state index contributed by atoms with van der Waals surface area (Å²) < 4.78 is 0. The fraction of sp³-hybridized carbons (Fsp3) is 0.368. The molecule has 7 nitrogen and oxygen atoms in total. The van der Waals surface area contributed by atoms with Crippen molar-refractivity contribution in [2.45, 2.75) is 25.2 Å². The summed E-state index contributed by atoms with van der Waals surface area (Å²) >= 11 is 0. The van der Waals surface area contributed by atoms with Crippen LogP contribution in [-0.2, 0) is 0 Å². The maximum atomic E-state index is 10.9. The van der Waals surface area contributed by atoms with Crippen LogP contribution in [-0.4, -0.2) is 10.6 Å². The molecule has 0 heterocycles. The molecule has 0 radical (unpaired) electrons. The molecule has 3 rings (SSSR count). The quantitative estimate of drug-likeness (QED) is 0.494. The van der Waals surface area contributed by atoms with Crippen molar-refractivity contribution in [2.75, 3.05) is 0 Å². The highest BCUT2D eigenvalue weighted by atomic mass is 16.6. The van der Waals surface area contributed by atoms with Gasteiger partial charge in [0.15, 0.2) is 0 Å². The molecule has 3 atom stereocenters. The van der Waals surface area contributed by atoms with Crippen LogP contribution in [0, 0.1) is 61.4 Å². The first-order valence-electron chi connectivity index (χ1n) is 8.29. The largest absolute Gasteiger partial charge is 0.269 e. The third-order valence-corrected chi connectivity index (χ3v) is 5.44. The summed E-state index contributed by atoms with van der Waals surface area (Å²) in [6.45, 7) is 0. The van der Waals surface area contributed by atoms with Crippen molar-refractivity contribution in [1.82, 2.24) is 0 Å². The van der Waals surface area contributed by atoms with E-state index in [0.717, 1.165) is 24.8 Å². The summed E-state index contributed by atoms with van der Waals surface area (Å²) in [4.78, 5) is 10.4. The Morgan fingerprint density at radius 1 is 1.19 bits per heavy atom. The topological polar surface area (TPSA) is 140 Å². The number of nitro groups is 1. The Morgan fingerprint density at radius 2 is 1.85 bits per heavy atom. The molecule has 2 N–H and O–H groups in total. The van der Waals surface area contributed by atoms with Gasteiger partial charge in [-0.05, 0) is 36.3 Å². The number of benzene rings is 1. The second-order valence-corrected chi connectivity index (χ2v) is 6.62. The van der Waals surface area contributed by atoms with Gasteiger partial charge < -0.3 is 0 Å². The van der Waals surface area contributed by atoms with E-state index in [4.69, 9.17) is 5.41 Å². The highest BCUT2D eigenvalue weighted by molar-refractivity contribution is 5.98. The summed E-state index contributed by atoms with van der Waals surface area (Å²) in [7, 11) is 0. The molecule has 1 aromatic rings. The van der Waals surface area contributed by atoms with Crippen LogP contribution >= 0.6 is 0 Å². The molecule has 1 aromatic carbocycles. The van der Waals surface area contributed by atoms with Gasteiger partial charge in [-0.1, -0.05) is 18.2 Å². The van der Waals surface area contributed by atoms with Gasteiger partial charge >= 0.3 is 0 Å². The van der Waals surface area contributed by atoms with E-state index in [-0.39, 0.29) is 17.3 Å². The first-order chi connectivity index (χ1) is 12.5. The molecule has 0 amide bonds. The van der Waals surface area contributed by atoms with Crippen LogP contribution in [0.15, 0.2) is 35.9 Å². The van der Waals surface area contributed by atoms with Crippen molar-refractivity contribution < 1.29 is 10.3 Å². The molecule has 0 spiro atoms. The van der Waals surface area contributed by atoms with Crippen LogP contribution in [0.4, 0.5) is 5.69 Å². The molecule has 1 saturated carbocycles. The van der Waals surface area contributed by atoms with Gasteiger partial charge in [0.05, 0.1) is 23.1 Å². The van der Waals surface area contributed by atoms with E-state index in [9.17, 15) is 25.9 Å². The van der Waals surface area contributed by atoms with Gasteiger partial charge in [0, 0.05) is 18.1 Å². The van der Waals surface area contributed by atoms with E-state index in [1.165, 1.54) is 12.1 Å². The molecular weight excluding hydrogens is 330 g/mol. The number of hydrogen-bond donors (Lipinski definition) is 1. The number of nitriles is 3. The van der Waals surface area contributed by atoms with Gasteiger partial charge in [0.1, 0.15) is 5.92 Å². The Labute approximate surface area is 150 Å². The monoisotopic (exact) mass is 346 g/mol. The van der Waals surface area contributed by atoms with Crippen LogP contribution in [0.5, 0.6) is 0 Å². The molecule has 0 bridgehead atoms. The highest BCUT2D eigenvalue weighted by Gasteiger charge is 2.60. The molecule has 128 valence electrons. The Hall–Kier alpha value is -3.50. The average molecular weight is 346 g/mol. The summed E-state index contributed by atoms with van der Waals surface area (Å²) in [6, 6.07) is 12.2. The lowest BCUT2D eigenvalue weighted by molar-refractivity contribution is -0.384. The second-order valence-electron chi connectivity index (χ2n) is 6.62.